The molecule has 1 unspecified atom stereocenters. The lowest BCUT2D eigenvalue weighted by Crippen LogP contribution is -2.46. The number of benzene rings is 1. The molecule has 1 aromatic heterocycles. The Balaban J connectivity index is 1.24. The lowest BCUT2D eigenvalue weighted by molar-refractivity contribution is -0.138. The number of fused-ring (bicyclic) bond motifs is 1. The normalized spacial score (nSPS) is 23.9. The molecule has 158 valence electrons. The van der Waals surface area contributed by atoms with E-state index < -0.39 is 10.0 Å². The Morgan fingerprint density at radius 2 is 1.90 bits per heavy atom. The number of carbonyl (C=O) groups excluding carboxylic acids is 1. The van der Waals surface area contributed by atoms with Crippen LogP contribution in [-0.4, -0.2) is 61.1 Å². The van der Waals surface area contributed by atoms with Gasteiger partial charge in [0.1, 0.15) is 4.90 Å². The van der Waals surface area contributed by atoms with Gasteiger partial charge in [0.15, 0.2) is 5.84 Å². The van der Waals surface area contributed by atoms with Gasteiger partial charge in [-0.15, -0.1) is 15.7 Å². The van der Waals surface area contributed by atoms with E-state index in [9.17, 15) is 13.2 Å². The predicted octanol–water partition coefficient (Wildman–Crippen LogP) is 2.71. The van der Waals surface area contributed by atoms with Crippen LogP contribution in [-0.2, 0) is 14.8 Å². The Labute approximate surface area is 180 Å². The molecule has 0 radical (unpaired) electrons. The number of aromatic nitrogens is 1. The van der Waals surface area contributed by atoms with Crippen molar-refractivity contribution >= 4 is 33.1 Å². The molecule has 1 amide bonds. The van der Waals surface area contributed by atoms with Gasteiger partial charge in [-0.3, -0.25) is 4.79 Å². The van der Waals surface area contributed by atoms with Gasteiger partial charge in [0, 0.05) is 55.2 Å². The molecule has 0 N–H and O–H groups in total. The fourth-order valence-electron chi connectivity index (χ4n) is 4.73. The van der Waals surface area contributed by atoms with E-state index in [2.05, 4.69) is 9.38 Å². The largest absolute Gasteiger partial charge is 0.355 e. The average molecular weight is 445 g/mol. The monoisotopic (exact) mass is 444 g/mol. The van der Waals surface area contributed by atoms with Crippen molar-refractivity contribution in [2.24, 2.45) is 10.3 Å². The summed E-state index contributed by atoms with van der Waals surface area (Å²) in [4.78, 5) is 21.9. The minimum absolute atomic E-state index is 0.00912. The number of carbonyl (C=O) groups is 1. The molecule has 3 aliphatic heterocycles. The van der Waals surface area contributed by atoms with Crippen molar-refractivity contribution in [3.63, 3.8) is 0 Å². The summed E-state index contributed by atoms with van der Waals surface area (Å²) in [5.74, 6) is 1.10. The number of piperidine rings is 2. The molecule has 9 heteroatoms. The number of rotatable bonds is 2. The SMILES string of the molecule is O=C(C1CCN(C2=NS(=O)(=O)c3ccccc32)CC1)N1CCCC(c2nccs2)C1. The van der Waals surface area contributed by atoms with Crippen LogP contribution in [0.5, 0.6) is 0 Å². The van der Waals surface area contributed by atoms with Crippen molar-refractivity contribution < 1.29 is 13.2 Å². The first-order valence-corrected chi connectivity index (χ1v) is 12.7. The van der Waals surface area contributed by atoms with Crippen molar-refractivity contribution in [1.29, 1.82) is 0 Å². The van der Waals surface area contributed by atoms with Gasteiger partial charge in [-0.25, -0.2) is 4.98 Å². The second kappa shape index (κ2) is 7.77. The number of thiazole rings is 1. The third-order valence-corrected chi connectivity index (χ3v) is 8.55. The third-order valence-electron chi connectivity index (χ3n) is 6.29. The van der Waals surface area contributed by atoms with Crippen molar-refractivity contribution in [2.75, 3.05) is 26.2 Å². The lowest BCUT2D eigenvalue weighted by atomic mass is 9.92. The molecule has 0 bridgehead atoms. The highest BCUT2D eigenvalue weighted by atomic mass is 32.2. The smallest absolute Gasteiger partial charge is 0.285 e. The first-order valence-electron chi connectivity index (χ1n) is 10.4. The molecule has 2 fully saturated rings. The van der Waals surface area contributed by atoms with Gasteiger partial charge in [0.2, 0.25) is 5.91 Å². The summed E-state index contributed by atoms with van der Waals surface area (Å²) in [5.41, 5.74) is 0.671. The summed E-state index contributed by atoms with van der Waals surface area (Å²) in [6.07, 6.45) is 5.38. The Kier molecular flexibility index (Phi) is 5.10. The number of likely N-dealkylation sites (tertiary alicyclic amines) is 2. The van der Waals surface area contributed by atoms with E-state index in [1.807, 2.05) is 33.5 Å². The first-order chi connectivity index (χ1) is 14.5. The summed E-state index contributed by atoms with van der Waals surface area (Å²) in [5, 5.41) is 3.12. The second-order valence-corrected chi connectivity index (χ2v) is 10.6. The number of nitrogens with zero attached hydrogens (tertiary/aromatic N) is 4. The highest BCUT2D eigenvalue weighted by molar-refractivity contribution is 7.90. The standard InChI is InChI=1S/C21H24N4O3S2/c26-21(25-10-3-4-16(14-25)20-22-9-13-29-20)15-7-11-24(12-8-15)19-17-5-1-2-6-18(17)30(27,28)23-19/h1-2,5-6,9,13,15-16H,3-4,7-8,10-12,14H2. The number of amides is 1. The van der Waals surface area contributed by atoms with Crippen molar-refractivity contribution in [2.45, 2.75) is 36.5 Å². The Hall–Kier alpha value is -2.26. The molecular formula is C21H24N4O3S2. The lowest BCUT2D eigenvalue weighted by Gasteiger charge is -2.38. The van der Waals surface area contributed by atoms with Crippen LogP contribution in [0.15, 0.2) is 45.1 Å². The zero-order valence-corrected chi connectivity index (χ0v) is 18.2. The molecule has 3 aliphatic rings. The van der Waals surface area contributed by atoms with Crippen LogP contribution in [0.4, 0.5) is 0 Å². The molecule has 30 heavy (non-hydrogen) atoms. The maximum absolute atomic E-state index is 13.2. The van der Waals surface area contributed by atoms with Crippen LogP contribution in [0.1, 0.15) is 42.2 Å². The zero-order valence-electron chi connectivity index (χ0n) is 16.6. The van der Waals surface area contributed by atoms with Crippen molar-refractivity contribution in [1.82, 2.24) is 14.8 Å². The van der Waals surface area contributed by atoms with Gasteiger partial charge >= 0.3 is 0 Å². The van der Waals surface area contributed by atoms with Crippen LogP contribution < -0.4 is 0 Å². The summed E-state index contributed by atoms with van der Waals surface area (Å²) in [6, 6.07) is 6.97. The van der Waals surface area contributed by atoms with Gasteiger partial charge < -0.3 is 9.80 Å². The number of sulfonamides is 1. The number of hydrogen-bond donors (Lipinski definition) is 0. The summed E-state index contributed by atoms with van der Waals surface area (Å²) in [6.45, 7) is 2.86. The highest BCUT2D eigenvalue weighted by Gasteiger charge is 2.36. The molecule has 7 nitrogen and oxygen atoms in total. The van der Waals surface area contributed by atoms with E-state index >= 15 is 0 Å². The van der Waals surface area contributed by atoms with Crippen LogP contribution in [0.2, 0.25) is 0 Å². The Morgan fingerprint density at radius 3 is 2.67 bits per heavy atom. The summed E-state index contributed by atoms with van der Waals surface area (Å²) >= 11 is 1.67. The number of hydrogen-bond acceptors (Lipinski definition) is 6. The molecule has 1 atom stereocenters. The van der Waals surface area contributed by atoms with E-state index in [-0.39, 0.29) is 16.7 Å². The maximum Gasteiger partial charge on any atom is 0.285 e. The fourth-order valence-corrected chi connectivity index (χ4v) is 6.72. The zero-order chi connectivity index (χ0) is 20.7. The summed E-state index contributed by atoms with van der Waals surface area (Å²) < 4.78 is 28.7. The highest BCUT2D eigenvalue weighted by Crippen LogP contribution is 2.32. The molecule has 0 spiro atoms. The molecule has 0 aliphatic carbocycles. The first kappa shape index (κ1) is 19.7. The molecule has 2 saturated heterocycles. The molecular weight excluding hydrogens is 420 g/mol. The predicted molar refractivity (Wildman–Crippen MR) is 115 cm³/mol. The third kappa shape index (κ3) is 3.54. The van der Waals surface area contributed by atoms with Gasteiger partial charge in [-0.05, 0) is 37.8 Å². The minimum Gasteiger partial charge on any atom is -0.355 e. The van der Waals surface area contributed by atoms with Gasteiger partial charge in [0.05, 0.1) is 5.01 Å². The van der Waals surface area contributed by atoms with Gasteiger partial charge in [-0.2, -0.15) is 8.42 Å². The van der Waals surface area contributed by atoms with E-state index in [0.29, 0.717) is 30.4 Å². The minimum atomic E-state index is -3.61. The van der Waals surface area contributed by atoms with Crippen LogP contribution in [0.25, 0.3) is 0 Å². The Bertz CT molecular complexity index is 1070. The molecule has 0 saturated carbocycles. The summed E-state index contributed by atoms with van der Waals surface area (Å²) in [7, 11) is -3.61. The van der Waals surface area contributed by atoms with Gasteiger partial charge in [0.25, 0.3) is 10.0 Å². The van der Waals surface area contributed by atoms with Gasteiger partial charge in [-0.1, -0.05) is 12.1 Å². The molecule has 2 aromatic rings. The van der Waals surface area contributed by atoms with Crippen LogP contribution in [0, 0.1) is 5.92 Å². The van der Waals surface area contributed by atoms with E-state index in [1.165, 1.54) is 0 Å². The topological polar surface area (TPSA) is 82.9 Å². The Morgan fingerprint density at radius 1 is 1.10 bits per heavy atom. The van der Waals surface area contributed by atoms with E-state index in [4.69, 9.17) is 0 Å². The van der Waals surface area contributed by atoms with Crippen LogP contribution in [0.3, 0.4) is 0 Å². The fraction of sp³-hybridized carbons (Fsp3) is 0.476. The molecule has 4 heterocycles. The number of amidine groups is 1. The van der Waals surface area contributed by atoms with E-state index in [0.717, 1.165) is 43.8 Å². The van der Waals surface area contributed by atoms with Crippen molar-refractivity contribution in [3.8, 4) is 0 Å². The average Bonchev–Trinajstić information content (AvgIpc) is 3.41. The van der Waals surface area contributed by atoms with E-state index in [1.54, 1.807) is 23.5 Å². The molecule has 5 rings (SSSR count). The maximum atomic E-state index is 13.2. The quantitative estimate of drug-likeness (QED) is 0.711. The second-order valence-electron chi connectivity index (χ2n) is 8.14. The van der Waals surface area contributed by atoms with Crippen molar-refractivity contribution in [3.05, 3.63) is 46.4 Å². The molecule has 1 aromatic carbocycles. The van der Waals surface area contributed by atoms with Crippen LogP contribution >= 0.6 is 11.3 Å².